The van der Waals surface area contributed by atoms with Gasteiger partial charge in [-0.3, -0.25) is 4.68 Å². The lowest BCUT2D eigenvalue weighted by atomic mass is 10.0. The number of aryl methyl sites for hydroxylation is 2. The van der Waals surface area contributed by atoms with Crippen molar-refractivity contribution in [1.82, 2.24) is 15.1 Å². The first-order chi connectivity index (χ1) is 10.1. The zero-order chi connectivity index (χ0) is 15.4. The summed E-state index contributed by atoms with van der Waals surface area (Å²) in [7, 11) is 1.94. The van der Waals surface area contributed by atoms with Gasteiger partial charge in [0, 0.05) is 24.3 Å². The molecule has 0 spiro atoms. The fourth-order valence-electron chi connectivity index (χ4n) is 2.57. The summed E-state index contributed by atoms with van der Waals surface area (Å²) < 4.78 is 1.87. The van der Waals surface area contributed by atoms with E-state index in [-0.39, 0.29) is 18.7 Å². The number of aliphatic hydroxyl groups excluding tert-OH is 1. The molecular weight excluding hydrogens is 262 g/mol. The van der Waals surface area contributed by atoms with E-state index in [2.05, 4.69) is 55.5 Å². The van der Waals surface area contributed by atoms with Crippen molar-refractivity contribution in [2.24, 2.45) is 7.05 Å². The highest BCUT2D eigenvalue weighted by Gasteiger charge is 2.17. The molecule has 1 aromatic carbocycles. The number of hydrogen-bond donors (Lipinski definition) is 2. The summed E-state index contributed by atoms with van der Waals surface area (Å²) in [6.07, 6.45) is 2.92. The number of aromatic nitrogens is 2. The van der Waals surface area contributed by atoms with E-state index in [0.29, 0.717) is 0 Å². The molecule has 2 unspecified atom stereocenters. The number of nitrogens with zero attached hydrogens (tertiary/aromatic N) is 2. The Hall–Kier alpha value is -1.65. The number of aliphatic hydroxyl groups is 1. The van der Waals surface area contributed by atoms with Crippen LogP contribution in [0.15, 0.2) is 30.5 Å². The third-order valence-electron chi connectivity index (χ3n) is 4.16. The average Bonchev–Trinajstić information content (AvgIpc) is 2.84. The van der Waals surface area contributed by atoms with E-state index in [1.165, 1.54) is 11.1 Å². The van der Waals surface area contributed by atoms with Gasteiger partial charge in [-0.2, -0.15) is 5.10 Å². The first-order valence-electron chi connectivity index (χ1n) is 7.51. The number of rotatable bonds is 6. The molecular formula is C17H25N3O. The highest BCUT2D eigenvalue weighted by Crippen LogP contribution is 2.22. The topological polar surface area (TPSA) is 50.1 Å². The van der Waals surface area contributed by atoms with Crippen LogP contribution in [0.25, 0.3) is 0 Å². The predicted octanol–water partition coefficient (Wildman–Crippen LogP) is 2.68. The maximum atomic E-state index is 9.69. The van der Waals surface area contributed by atoms with E-state index in [4.69, 9.17) is 0 Å². The largest absolute Gasteiger partial charge is 0.394 e. The minimum atomic E-state index is -0.0643. The molecule has 2 N–H and O–H groups in total. The SMILES string of the molecule is CCc1ccc(C(CO)NC(C)c2cnn(C)c2C)cc1. The van der Waals surface area contributed by atoms with Crippen LogP contribution in [0, 0.1) is 6.92 Å². The first-order valence-corrected chi connectivity index (χ1v) is 7.51. The average molecular weight is 287 g/mol. The Labute approximate surface area is 126 Å². The summed E-state index contributed by atoms with van der Waals surface area (Å²) in [6.45, 7) is 6.39. The fraction of sp³-hybridized carbons (Fsp3) is 0.471. The van der Waals surface area contributed by atoms with E-state index >= 15 is 0 Å². The van der Waals surface area contributed by atoms with Crippen LogP contribution >= 0.6 is 0 Å². The molecule has 2 atom stereocenters. The maximum Gasteiger partial charge on any atom is 0.0626 e. The minimum Gasteiger partial charge on any atom is -0.394 e. The monoisotopic (exact) mass is 287 g/mol. The van der Waals surface area contributed by atoms with Crippen LogP contribution in [0.5, 0.6) is 0 Å². The molecule has 114 valence electrons. The normalized spacial score (nSPS) is 14.1. The molecule has 0 fully saturated rings. The number of nitrogens with one attached hydrogen (secondary N) is 1. The Kier molecular flexibility index (Phi) is 5.15. The van der Waals surface area contributed by atoms with Crippen LogP contribution in [0.2, 0.25) is 0 Å². The van der Waals surface area contributed by atoms with Crippen LogP contribution in [0.1, 0.15) is 48.3 Å². The van der Waals surface area contributed by atoms with E-state index < -0.39 is 0 Å². The van der Waals surface area contributed by atoms with Gasteiger partial charge in [0.15, 0.2) is 0 Å². The van der Waals surface area contributed by atoms with E-state index in [1.54, 1.807) is 0 Å². The molecule has 21 heavy (non-hydrogen) atoms. The molecule has 0 aliphatic heterocycles. The Bertz CT molecular complexity index is 574. The molecule has 2 aromatic rings. The summed E-state index contributed by atoms with van der Waals surface area (Å²) >= 11 is 0. The molecule has 1 heterocycles. The smallest absolute Gasteiger partial charge is 0.0626 e. The van der Waals surface area contributed by atoms with Crippen molar-refractivity contribution in [2.45, 2.75) is 39.3 Å². The van der Waals surface area contributed by atoms with Gasteiger partial charge in [0.1, 0.15) is 0 Å². The molecule has 2 rings (SSSR count). The van der Waals surface area contributed by atoms with Crippen molar-refractivity contribution in [3.05, 3.63) is 52.8 Å². The third kappa shape index (κ3) is 3.52. The maximum absolute atomic E-state index is 9.69. The number of benzene rings is 1. The molecule has 0 bridgehead atoms. The van der Waals surface area contributed by atoms with Gasteiger partial charge in [-0.25, -0.2) is 0 Å². The van der Waals surface area contributed by atoms with Gasteiger partial charge in [0.25, 0.3) is 0 Å². The standard InChI is InChI=1S/C17H25N3O/c1-5-14-6-8-15(9-7-14)17(11-21)19-12(2)16-10-18-20(4)13(16)3/h6-10,12,17,19,21H,5,11H2,1-4H3. The lowest BCUT2D eigenvalue weighted by molar-refractivity contribution is 0.235. The highest BCUT2D eigenvalue weighted by atomic mass is 16.3. The molecule has 1 aromatic heterocycles. The van der Waals surface area contributed by atoms with Crippen LogP contribution < -0.4 is 5.32 Å². The Balaban J connectivity index is 2.12. The van der Waals surface area contributed by atoms with Gasteiger partial charge in [0.2, 0.25) is 0 Å². The Morgan fingerprint density at radius 3 is 2.43 bits per heavy atom. The Morgan fingerprint density at radius 2 is 1.95 bits per heavy atom. The first kappa shape index (κ1) is 15.7. The van der Waals surface area contributed by atoms with Crippen molar-refractivity contribution in [2.75, 3.05) is 6.61 Å². The highest BCUT2D eigenvalue weighted by molar-refractivity contribution is 5.26. The molecule has 0 saturated heterocycles. The van der Waals surface area contributed by atoms with Crippen molar-refractivity contribution in [1.29, 1.82) is 0 Å². The molecule has 0 radical (unpaired) electrons. The third-order valence-corrected chi connectivity index (χ3v) is 4.16. The van der Waals surface area contributed by atoms with E-state index in [1.807, 2.05) is 17.9 Å². The van der Waals surface area contributed by atoms with Gasteiger partial charge < -0.3 is 10.4 Å². The molecule has 0 aliphatic rings. The van der Waals surface area contributed by atoms with Crippen LogP contribution in [-0.4, -0.2) is 21.5 Å². The lowest BCUT2D eigenvalue weighted by Gasteiger charge is -2.22. The van der Waals surface area contributed by atoms with E-state index in [0.717, 1.165) is 17.7 Å². The van der Waals surface area contributed by atoms with Gasteiger partial charge in [-0.05, 0) is 31.4 Å². The summed E-state index contributed by atoms with van der Waals surface area (Å²) in [5.74, 6) is 0. The van der Waals surface area contributed by atoms with Gasteiger partial charge in [-0.1, -0.05) is 31.2 Å². The molecule has 0 saturated carbocycles. The van der Waals surface area contributed by atoms with Crippen molar-refractivity contribution in [3.63, 3.8) is 0 Å². The minimum absolute atomic E-state index is 0.0643. The Morgan fingerprint density at radius 1 is 1.29 bits per heavy atom. The number of hydrogen-bond acceptors (Lipinski definition) is 3. The second kappa shape index (κ2) is 6.87. The molecule has 4 heteroatoms. The fourth-order valence-corrected chi connectivity index (χ4v) is 2.57. The molecule has 4 nitrogen and oxygen atoms in total. The zero-order valence-electron chi connectivity index (χ0n) is 13.3. The zero-order valence-corrected chi connectivity index (χ0v) is 13.3. The summed E-state index contributed by atoms with van der Waals surface area (Å²) in [4.78, 5) is 0. The van der Waals surface area contributed by atoms with Crippen LogP contribution in [-0.2, 0) is 13.5 Å². The lowest BCUT2D eigenvalue weighted by Crippen LogP contribution is -2.27. The second-order valence-corrected chi connectivity index (χ2v) is 5.53. The molecule has 0 amide bonds. The van der Waals surface area contributed by atoms with E-state index in [9.17, 15) is 5.11 Å². The van der Waals surface area contributed by atoms with Crippen molar-refractivity contribution in [3.8, 4) is 0 Å². The van der Waals surface area contributed by atoms with Gasteiger partial charge in [-0.15, -0.1) is 0 Å². The van der Waals surface area contributed by atoms with Crippen molar-refractivity contribution < 1.29 is 5.11 Å². The molecule has 0 aliphatic carbocycles. The van der Waals surface area contributed by atoms with Gasteiger partial charge >= 0.3 is 0 Å². The predicted molar refractivity (Wildman–Crippen MR) is 85.1 cm³/mol. The summed E-state index contributed by atoms with van der Waals surface area (Å²) in [5.41, 5.74) is 4.74. The van der Waals surface area contributed by atoms with Crippen LogP contribution in [0.4, 0.5) is 0 Å². The quantitative estimate of drug-likeness (QED) is 0.859. The second-order valence-electron chi connectivity index (χ2n) is 5.53. The summed E-state index contributed by atoms with van der Waals surface area (Å²) in [5, 5.41) is 17.5. The van der Waals surface area contributed by atoms with Crippen molar-refractivity contribution >= 4 is 0 Å². The summed E-state index contributed by atoms with van der Waals surface area (Å²) in [6, 6.07) is 8.51. The van der Waals surface area contributed by atoms with Crippen LogP contribution in [0.3, 0.4) is 0 Å². The van der Waals surface area contributed by atoms with Gasteiger partial charge in [0.05, 0.1) is 18.8 Å².